The first-order valence-electron chi connectivity index (χ1n) is 11.2. The number of imide groups is 1. The number of nitrogens with zero attached hydrogens (tertiary/aromatic N) is 2. The summed E-state index contributed by atoms with van der Waals surface area (Å²) in [6.07, 6.45) is 1.67. The minimum absolute atomic E-state index is 0.0301. The summed E-state index contributed by atoms with van der Waals surface area (Å²) in [4.78, 5) is 41.2. The number of morpholine rings is 1. The van der Waals surface area contributed by atoms with E-state index in [1.165, 1.54) is 0 Å². The molecule has 8 nitrogen and oxygen atoms in total. The van der Waals surface area contributed by atoms with Crippen LogP contribution in [0.25, 0.3) is 6.08 Å². The van der Waals surface area contributed by atoms with Crippen molar-refractivity contribution in [3.8, 4) is 5.75 Å². The molecular weight excluding hydrogens is 534 g/mol. The Kier molecular flexibility index (Phi) is 8.15. The molecule has 0 bridgehead atoms. The summed E-state index contributed by atoms with van der Waals surface area (Å²) in [6.45, 7) is 6.56. The summed E-state index contributed by atoms with van der Waals surface area (Å²) in [7, 11) is 0. The lowest BCUT2D eigenvalue weighted by Crippen LogP contribution is -2.36. The highest BCUT2D eigenvalue weighted by Crippen LogP contribution is 2.34. The van der Waals surface area contributed by atoms with Gasteiger partial charge in [0.25, 0.3) is 11.1 Å². The predicted octanol–water partition coefficient (Wildman–Crippen LogP) is 4.75. The molecule has 0 spiro atoms. The van der Waals surface area contributed by atoms with Crippen molar-refractivity contribution in [1.29, 1.82) is 0 Å². The molecule has 0 radical (unpaired) electrons. The third-order valence-corrected chi connectivity index (χ3v) is 6.85. The molecule has 2 aliphatic rings. The lowest BCUT2D eigenvalue weighted by Gasteiger charge is -2.28. The van der Waals surface area contributed by atoms with Crippen molar-refractivity contribution in [2.24, 2.45) is 0 Å². The van der Waals surface area contributed by atoms with Crippen molar-refractivity contribution in [2.75, 3.05) is 43.1 Å². The quantitative estimate of drug-likeness (QED) is 0.490. The van der Waals surface area contributed by atoms with Crippen LogP contribution in [0.4, 0.5) is 16.2 Å². The van der Waals surface area contributed by atoms with E-state index in [1.807, 2.05) is 38.1 Å². The number of hydrogen-bond donors (Lipinski definition) is 1. The van der Waals surface area contributed by atoms with Gasteiger partial charge in [-0.3, -0.25) is 19.3 Å². The minimum Gasteiger partial charge on any atom is -0.490 e. The van der Waals surface area contributed by atoms with Crippen LogP contribution in [0.2, 0.25) is 0 Å². The van der Waals surface area contributed by atoms with Crippen molar-refractivity contribution in [1.82, 2.24) is 4.90 Å². The molecule has 1 N–H and O–H groups in total. The molecule has 0 aromatic heterocycles. The number of hydrogen-bond acceptors (Lipinski definition) is 7. The Morgan fingerprint density at radius 3 is 2.54 bits per heavy atom. The number of anilines is 2. The molecule has 3 amide bonds. The summed E-state index contributed by atoms with van der Waals surface area (Å²) >= 11 is 4.29. The van der Waals surface area contributed by atoms with Gasteiger partial charge in [-0.25, -0.2) is 0 Å². The molecule has 2 fully saturated rings. The molecule has 2 aliphatic heterocycles. The number of amides is 3. The molecule has 35 heavy (non-hydrogen) atoms. The fourth-order valence-corrected chi connectivity index (χ4v) is 4.99. The highest BCUT2D eigenvalue weighted by Gasteiger charge is 2.36. The second kappa shape index (κ2) is 11.3. The first-order chi connectivity index (χ1) is 16.8. The first-order valence-corrected chi connectivity index (χ1v) is 12.9. The van der Waals surface area contributed by atoms with E-state index >= 15 is 0 Å². The van der Waals surface area contributed by atoms with Gasteiger partial charge in [0, 0.05) is 24.5 Å². The number of carbonyl (C=O) groups is 3. The van der Waals surface area contributed by atoms with Gasteiger partial charge in [0.2, 0.25) is 5.91 Å². The number of thioether (sulfide) groups is 1. The van der Waals surface area contributed by atoms with Crippen LogP contribution < -0.4 is 15.0 Å². The van der Waals surface area contributed by atoms with E-state index < -0.39 is 17.1 Å². The lowest BCUT2D eigenvalue weighted by atomic mass is 10.2. The normalized spacial score (nSPS) is 17.4. The zero-order chi connectivity index (χ0) is 24.9. The van der Waals surface area contributed by atoms with E-state index in [0.717, 1.165) is 45.5 Å². The Labute approximate surface area is 216 Å². The van der Waals surface area contributed by atoms with Crippen molar-refractivity contribution in [2.45, 2.75) is 20.0 Å². The molecule has 2 aromatic rings. The molecule has 10 heteroatoms. The highest BCUT2D eigenvalue weighted by atomic mass is 79.9. The molecule has 2 saturated heterocycles. The van der Waals surface area contributed by atoms with Crippen LogP contribution in [0.1, 0.15) is 19.4 Å². The molecule has 0 unspecified atom stereocenters. The summed E-state index contributed by atoms with van der Waals surface area (Å²) in [5, 5.41) is 2.28. The Balaban J connectivity index is 1.36. The van der Waals surface area contributed by atoms with Crippen molar-refractivity contribution in [3.63, 3.8) is 0 Å². The van der Waals surface area contributed by atoms with E-state index in [1.54, 1.807) is 24.3 Å². The third-order valence-electron chi connectivity index (χ3n) is 5.32. The molecule has 0 saturated carbocycles. The molecule has 4 rings (SSSR count). The molecule has 0 atom stereocenters. The number of halogens is 1. The van der Waals surface area contributed by atoms with E-state index in [0.29, 0.717) is 24.7 Å². The molecule has 2 heterocycles. The predicted molar refractivity (Wildman–Crippen MR) is 141 cm³/mol. The van der Waals surface area contributed by atoms with Crippen LogP contribution in [0, 0.1) is 0 Å². The number of nitrogens with one attached hydrogen (secondary N) is 1. The van der Waals surface area contributed by atoms with E-state index in [4.69, 9.17) is 9.47 Å². The van der Waals surface area contributed by atoms with Gasteiger partial charge < -0.3 is 19.7 Å². The molecule has 184 valence electrons. The van der Waals surface area contributed by atoms with Crippen LogP contribution >= 0.6 is 27.7 Å². The van der Waals surface area contributed by atoms with Crippen molar-refractivity contribution in [3.05, 3.63) is 57.4 Å². The molecule has 0 aliphatic carbocycles. The average Bonchev–Trinajstić information content (AvgIpc) is 3.09. The van der Waals surface area contributed by atoms with Gasteiger partial charge >= 0.3 is 0 Å². The maximum Gasteiger partial charge on any atom is 0.294 e. The third kappa shape index (κ3) is 6.45. The zero-order valence-electron chi connectivity index (χ0n) is 19.5. The van der Waals surface area contributed by atoms with Crippen LogP contribution in [-0.2, 0) is 14.3 Å². The largest absolute Gasteiger partial charge is 0.490 e. The topological polar surface area (TPSA) is 88.2 Å². The number of rotatable bonds is 7. The Hall–Kier alpha value is -2.82. The standard InChI is InChI=1S/C25H26BrN3O5S/c1-16(2)34-21-8-3-17(13-20(21)26)14-22-24(31)29(25(32)35-22)15-23(30)27-18-4-6-19(7-5-18)28-9-11-33-12-10-28/h3-8,13-14,16H,9-12,15H2,1-2H3,(H,27,30)/b22-14-. The smallest absolute Gasteiger partial charge is 0.294 e. The van der Waals surface area contributed by atoms with E-state index in [9.17, 15) is 14.4 Å². The molecular formula is C25H26BrN3O5S. The average molecular weight is 560 g/mol. The summed E-state index contributed by atoms with van der Waals surface area (Å²) < 4.78 is 11.8. The highest BCUT2D eigenvalue weighted by molar-refractivity contribution is 9.10. The SMILES string of the molecule is CC(C)Oc1ccc(/C=C2\SC(=O)N(CC(=O)Nc3ccc(N4CCOCC4)cc3)C2=O)cc1Br. The number of benzene rings is 2. The summed E-state index contributed by atoms with van der Waals surface area (Å²) in [6, 6.07) is 12.9. The van der Waals surface area contributed by atoms with Gasteiger partial charge in [-0.15, -0.1) is 0 Å². The van der Waals surface area contributed by atoms with Gasteiger partial charge in [-0.05, 0) is 89.6 Å². The van der Waals surface area contributed by atoms with Gasteiger partial charge in [-0.1, -0.05) is 6.07 Å². The molecule has 2 aromatic carbocycles. The monoisotopic (exact) mass is 559 g/mol. The fraction of sp³-hybridized carbons (Fsp3) is 0.320. The van der Waals surface area contributed by atoms with Gasteiger partial charge in [0.15, 0.2) is 0 Å². The van der Waals surface area contributed by atoms with Crippen molar-refractivity contribution < 1.29 is 23.9 Å². The second-order valence-corrected chi connectivity index (χ2v) is 10.2. The maximum atomic E-state index is 12.8. The lowest BCUT2D eigenvalue weighted by molar-refractivity contribution is -0.127. The Bertz CT molecular complexity index is 1150. The van der Waals surface area contributed by atoms with E-state index in [2.05, 4.69) is 26.1 Å². The first kappa shape index (κ1) is 25.3. The number of carbonyl (C=O) groups excluding carboxylic acids is 3. The van der Waals surface area contributed by atoms with Gasteiger partial charge in [-0.2, -0.15) is 0 Å². The van der Waals surface area contributed by atoms with Crippen LogP contribution in [0.3, 0.4) is 0 Å². The Morgan fingerprint density at radius 2 is 1.89 bits per heavy atom. The summed E-state index contributed by atoms with van der Waals surface area (Å²) in [5.74, 6) is -0.234. The van der Waals surface area contributed by atoms with Crippen LogP contribution in [-0.4, -0.2) is 60.9 Å². The summed E-state index contributed by atoms with van der Waals surface area (Å²) in [5.41, 5.74) is 2.39. The zero-order valence-corrected chi connectivity index (χ0v) is 21.9. The van der Waals surface area contributed by atoms with E-state index in [-0.39, 0.29) is 17.6 Å². The van der Waals surface area contributed by atoms with Crippen molar-refractivity contribution >= 4 is 62.2 Å². The number of ether oxygens (including phenoxy) is 2. The Morgan fingerprint density at radius 1 is 1.17 bits per heavy atom. The van der Waals surface area contributed by atoms with Crippen LogP contribution in [0.15, 0.2) is 51.8 Å². The van der Waals surface area contributed by atoms with Gasteiger partial charge in [0.1, 0.15) is 12.3 Å². The van der Waals surface area contributed by atoms with Crippen LogP contribution in [0.5, 0.6) is 5.75 Å². The fourth-order valence-electron chi connectivity index (χ4n) is 3.67. The maximum absolute atomic E-state index is 12.8. The minimum atomic E-state index is -0.489. The van der Waals surface area contributed by atoms with Gasteiger partial charge in [0.05, 0.1) is 28.7 Å². The second-order valence-electron chi connectivity index (χ2n) is 8.32.